The van der Waals surface area contributed by atoms with Crippen LogP contribution in [0.4, 0.5) is 5.69 Å². The molecule has 2 rings (SSSR count). The van der Waals surface area contributed by atoms with E-state index in [0.29, 0.717) is 12.1 Å². The number of para-hydroxylation sites is 1. The first kappa shape index (κ1) is 19.0. The Hall–Kier alpha value is -2.34. The van der Waals surface area contributed by atoms with E-state index in [9.17, 15) is 13.2 Å². The summed E-state index contributed by atoms with van der Waals surface area (Å²) in [5.41, 5.74) is 2.41. The van der Waals surface area contributed by atoms with Crippen molar-refractivity contribution in [1.29, 1.82) is 0 Å². The third-order valence-corrected chi connectivity index (χ3v) is 5.13. The fraction of sp³-hybridized carbons (Fsp3) is 0.316. The molecular formula is C19H24N2O3S. The highest BCUT2D eigenvalue weighted by Gasteiger charge is 2.23. The molecule has 5 nitrogen and oxygen atoms in total. The highest BCUT2D eigenvalue weighted by atomic mass is 32.2. The van der Waals surface area contributed by atoms with E-state index in [4.69, 9.17) is 0 Å². The molecule has 0 fully saturated rings. The first-order chi connectivity index (χ1) is 11.8. The van der Waals surface area contributed by atoms with Crippen LogP contribution >= 0.6 is 0 Å². The largest absolute Gasteiger partial charge is 0.348 e. The number of rotatable bonds is 7. The van der Waals surface area contributed by atoms with Gasteiger partial charge in [0.2, 0.25) is 15.9 Å². The fourth-order valence-corrected chi connectivity index (χ4v) is 3.56. The minimum atomic E-state index is -3.57. The number of aryl methyl sites for hydroxylation is 1. The molecule has 1 amide bonds. The average molecular weight is 360 g/mol. The number of nitrogens with zero attached hydrogens (tertiary/aromatic N) is 1. The molecule has 0 spiro atoms. The van der Waals surface area contributed by atoms with Crippen LogP contribution in [0.25, 0.3) is 0 Å². The molecule has 6 heteroatoms. The molecule has 0 radical (unpaired) electrons. The molecule has 2 aromatic carbocycles. The zero-order valence-electron chi connectivity index (χ0n) is 14.8. The van der Waals surface area contributed by atoms with Crippen molar-refractivity contribution in [2.24, 2.45) is 0 Å². The van der Waals surface area contributed by atoms with E-state index in [2.05, 4.69) is 5.32 Å². The standard InChI is InChI=1S/C19H24N2O3S/c1-4-16-10-8-9-13-18(16)21(25(3,23)24)14-19(22)20-15(2)17-11-6-5-7-12-17/h5-13,15H,4,14H2,1-3H3,(H,20,22)/t15-/m1/s1. The van der Waals surface area contributed by atoms with Crippen molar-refractivity contribution in [2.75, 3.05) is 17.1 Å². The number of amides is 1. The van der Waals surface area contributed by atoms with Crippen LogP contribution in [-0.2, 0) is 21.2 Å². The molecule has 134 valence electrons. The van der Waals surface area contributed by atoms with Crippen LogP contribution in [0.15, 0.2) is 54.6 Å². The zero-order valence-corrected chi connectivity index (χ0v) is 15.6. The number of anilines is 1. The number of carbonyl (C=O) groups is 1. The molecule has 0 aliphatic rings. The quantitative estimate of drug-likeness (QED) is 0.826. The second-order valence-electron chi connectivity index (χ2n) is 5.95. The normalized spacial score (nSPS) is 12.4. The monoisotopic (exact) mass is 360 g/mol. The summed E-state index contributed by atoms with van der Waals surface area (Å²) in [5, 5.41) is 2.86. The lowest BCUT2D eigenvalue weighted by atomic mass is 10.1. The topological polar surface area (TPSA) is 66.5 Å². The van der Waals surface area contributed by atoms with E-state index in [0.717, 1.165) is 17.4 Å². The van der Waals surface area contributed by atoms with Crippen molar-refractivity contribution in [3.63, 3.8) is 0 Å². The van der Waals surface area contributed by atoms with E-state index < -0.39 is 10.0 Å². The first-order valence-electron chi connectivity index (χ1n) is 8.23. The van der Waals surface area contributed by atoms with Crippen LogP contribution in [0.1, 0.15) is 31.0 Å². The zero-order chi connectivity index (χ0) is 18.4. The molecule has 0 aliphatic heterocycles. The maximum Gasteiger partial charge on any atom is 0.241 e. The summed E-state index contributed by atoms with van der Waals surface area (Å²) in [7, 11) is -3.57. The maximum atomic E-state index is 12.4. The molecule has 0 aliphatic carbocycles. The summed E-state index contributed by atoms with van der Waals surface area (Å²) in [6, 6.07) is 16.6. The van der Waals surface area contributed by atoms with Crippen molar-refractivity contribution in [3.05, 3.63) is 65.7 Å². The first-order valence-corrected chi connectivity index (χ1v) is 10.1. The molecule has 1 N–H and O–H groups in total. The van der Waals surface area contributed by atoms with Gasteiger partial charge in [-0.1, -0.05) is 55.5 Å². The Balaban J connectivity index is 2.19. The van der Waals surface area contributed by atoms with Gasteiger partial charge in [0.15, 0.2) is 0 Å². The van der Waals surface area contributed by atoms with Gasteiger partial charge in [0.25, 0.3) is 0 Å². The molecule has 0 bridgehead atoms. The lowest BCUT2D eigenvalue weighted by Crippen LogP contribution is -2.41. The SMILES string of the molecule is CCc1ccccc1N(CC(=O)N[C@H](C)c1ccccc1)S(C)(=O)=O. The van der Waals surface area contributed by atoms with Gasteiger partial charge in [-0.3, -0.25) is 9.10 Å². The molecule has 0 aromatic heterocycles. The minimum absolute atomic E-state index is 0.198. The van der Waals surface area contributed by atoms with E-state index in [1.165, 1.54) is 4.31 Å². The van der Waals surface area contributed by atoms with Gasteiger partial charge in [-0.25, -0.2) is 8.42 Å². The van der Waals surface area contributed by atoms with Crippen LogP contribution in [0.5, 0.6) is 0 Å². The molecule has 1 atom stereocenters. The smallest absolute Gasteiger partial charge is 0.241 e. The van der Waals surface area contributed by atoms with Crippen LogP contribution in [0.3, 0.4) is 0 Å². The third kappa shape index (κ3) is 5.06. The number of nitrogens with one attached hydrogen (secondary N) is 1. The molecule has 25 heavy (non-hydrogen) atoms. The molecule has 0 heterocycles. The number of hydrogen-bond acceptors (Lipinski definition) is 3. The van der Waals surface area contributed by atoms with Gasteiger partial charge < -0.3 is 5.32 Å². The third-order valence-electron chi connectivity index (χ3n) is 4.01. The van der Waals surface area contributed by atoms with E-state index in [-0.39, 0.29) is 18.5 Å². The average Bonchev–Trinajstić information content (AvgIpc) is 2.59. The van der Waals surface area contributed by atoms with Crippen molar-refractivity contribution >= 4 is 21.6 Å². The summed E-state index contributed by atoms with van der Waals surface area (Å²) < 4.78 is 25.6. The van der Waals surface area contributed by atoms with Gasteiger partial charge in [-0.15, -0.1) is 0 Å². The predicted octanol–water partition coefficient (Wildman–Crippen LogP) is 2.89. The predicted molar refractivity (Wildman–Crippen MR) is 101 cm³/mol. The lowest BCUT2D eigenvalue weighted by molar-refractivity contribution is -0.120. The Morgan fingerprint density at radius 1 is 1.08 bits per heavy atom. The number of sulfonamides is 1. The second-order valence-corrected chi connectivity index (χ2v) is 7.86. The van der Waals surface area contributed by atoms with Crippen LogP contribution in [0, 0.1) is 0 Å². The van der Waals surface area contributed by atoms with Gasteiger partial charge in [0.1, 0.15) is 6.54 Å². The minimum Gasteiger partial charge on any atom is -0.348 e. The van der Waals surface area contributed by atoms with Gasteiger partial charge in [-0.05, 0) is 30.5 Å². The van der Waals surface area contributed by atoms with Gasteiger partial charge >= 0.3 is 0 Å². The summed E-state index contributed by atoms with van der Waals surface area (Å²) >= 11 is 0. The summed E-state index contributed by atoms with van der Waals surface area (Å²) in [5.74, 6) is -0.340. The molecule has 0 unspecified atom stereocenters. The van der Waals surface area contributed by atoms with Crippen LogP contribution in [-0.4, -0.2) is 27.1 Å². The Kier molecular flexibility index (Phi) is 6.20. The highest BCUT2D eigenvalue weighted by molar-refractivity contribution is 7.92. The van der Waals surface area contributed by atoms with Crippen LogP contribution < -0.4 is 9.62 Å². The van der Waals surface area contributed by atoms with Gasteiger partial charge in [0.05, 0.1) is 18.0 Å². The van der Waals surface area contributed by atoms with E-state index >= 15 is 0 Å². The fourth-order valence-electron chi connectivity index (χ4n) is 2.68. The summed E-state index contributed by atoms with van der Waals surface area (Å²) in [6.45, 7) is 3.59. The van der Waals surface area contributed by atoms with Crippen molar-refractivity contribution in [3.8, 4) is 0 Å². The second kappa shape index (κ2) is 8.16. The highest BCUT2D eigenvalue weighted by Crippen LogP contribution is 2.23. The van der Waals surface area contributed by atoms with Crippen LogP contribution in [0.2, 0.25) is 0 Å². The van der Waals surface area contributed by atoms with E-state index in [1.54, 1.807) is 12.1 Å². The number of hydrogen-bond donors (Lipinski definition) is 1. The van der Waals surface area contributed by atoms with Gasteiger partial charge in [0, 0.05) is 0 Å². The van der Waals surface area contributed by atoms with E-state index in [1.807, 2.05) is 56.3 Å². The Bertz CT molecular complexity index is 820. The van der Waals surface area contributed by atoms with Crippen molar-refractivity contribution < 1.29 is 13.2 Å². The molecule has 0 saturated heterocycles. The Morgan fingerprint density at radius 3 is 2.28 bits per heavy atom. The Morgan fingerprint density at radius 2 is 1.68 bits per heavy atom. The lowest BCUT2D eigenvalue weighted by Gasteiger charge is -2.25. The maximum absolute atomic E-state index is 12.4. The molecule has 2 aromatic rings. The van der Waals surface area contributed by atoms with Crippen molar-refractivity contribution in [1.82, 2.24) is 5.32 Å². The van der Waals surface area contributed by atoms with Gasteiger partial charge in [-0.2, -0.15) is 0 Å². The van der Waals surface area contributed by atoms with Crippen molar-refractivity contribution in [2.45, 2.75) is 26.3 Å². The number of carbonyl (C=O) groups excluding carboxylic acids is 1. The molecular weight excluding hydrogens is 336 g/mol. The summed E-state index contributed by atoms with van der Waals surface area (Å²) in [4.78, 5) is 12.4. The summed E-state index contributed by atoms with van der Waals surface area (Å²) in [6.07, 6.45) is 1.80. The molecule has 0 saturated carbocycles. The number of benzene rings is 2. The Labute approximate surface area is 149 Å².